The van der Waals surface area contributed by atoms with E-state index in [2.05, 4.69) is 24.2 Å². The molecule has 1 heterocycles. The molecule has 0 aromatic rings. The van der Waals surface area contributed by atoms with Crippen LogP contribution in [0.2, 0.25) is 0 Å². The number of halogens is 3. The number of hydrogen-bond donors (Lipinski definition) is 1. The molecule has 0 aromatic carbocycles. The van der Waals surface area contributed by atoms with Crippen molar-refractivity contribution in [2.24, 2.45) is 4.99 Å². The molecule has 0 saturated carbocycles. The summed E-state index contributed by atoms with van der Waals surface area (Å²) in [6.07, 6.45) is -1.13. The summed E-state index contributed by atoms with van der Waals surface area (Å²) in [5, 5.41) is 10.9. The van der Waals surface area contributed by atoms with E-state index in [0.29, 0.717) is 0 Å². The minimum absolute atomic E-state index is 1.07. The van der Waals surface area contributed by atoms with Crippen molar-refractivity contribution in [1.29, 1.82) is 0 Å². The lowest BCUT2D eigenvalue weighted by Crippen LogP contribution is -2.78. The van der Waals surface area contributed by atoms with Crippen LogP contribution >= 0.6 is 0 Å². The third-order valence-electron chi connectivity index (χ3n) is 1.82. The maximum absolute atomic E-state index is 10.5. The van der Waals surface area contributed by atoms with Crippen molar-refractivity contribution in [3.05, 3.63) is 11.4 Å². The summed E-state index contributed by atoms with van der Waals surface area (Å²) < 4.78 is 31.5. The molecule has 0 atom stereocenters. The second kappa shape index (κ2) is 6.26. The number of carboxylic acid groups (broad SMARTS) is 1. The Morgan fingerprint density at radius 2 is 1.94 bits per heavy atom. The van der Waals surface area contributed by atoms with Gasteiger partial charge in [0.25, 0.3) is 0 Å². The normalized spacial score (nSPS) is 14.8. The number of carboxylic acids is 1. The number of carbonyl (C=O) groups is 1. The van der Waals surface area contributed by atoms with E-state index in [9.17, 15) is 13.2 Å². The molecule has 92 valence electrons. The standard InChI is InChI=1S/C7H12N2.C2HF3O2/c1-3-6-7(4-2)9-5-8-6;3-2(4,5)1(6)7/h5H,3-4H2,1-2H3,(H,8,9);(H,6,7). The Balaban J connectivity index is 0.000000293. The molecule has 0 amide bonds. The van der Waals surface area contributed by atoms with Crippen LogP contribution in [0.5, 0.6) is 0 Å². The maximum atomic E-state index is 10.5. The van der Waals surface area contributed by atoms with Crippen LogP contribution in [0.3, 0.4) is 0 Å². The Morgan fingerprint density at radius 1 is 1.44 bits per heavy atom. The van der Waals surface area contributed by atoms with Crippen molar-refractivity contribution in [3.8, 4) is 0 Å². The fourth-order valence-electron chi connectivity index (χ4n) is 1.04. The second-order valence-corrected chi connectivity index (χ2v) is 2.91. The molecular weight excluding hydrogens is 225 g/mol. The highest BCUT2D eigenvalue weighted by atomic mass is 19.4. The topological polar surface area (TPSA) is 69.1 Å². The number of hydrogen-bond acceptors (Lipinski definition) is 3. The highest BCUT2D eigenvalue weighted by molar-refractivity contribution is 5.70. The quantitative estimate of drug-likeness (QED) is 0.731. The van der Waals surface area contributed by atoms with Crippen LogP contribution in [0.25, 0.3) is 0 Å². The Hall–Kier alpha value is -1.37. The number of nitrogens with zero attached hydrogens (tertiary/aromatic N) is 1. The van der Waals surface area contributed by atoms with Gasteiger partial charge in [0.05, 0.1) is 0 Å². The van der Waals surface area contributed by atoms with Gasteiger partial charge in [-0.15, -0.1) is 0 Å². The molecule has 7 heteroatoms. The molecular formula is C9H13F3N2O2. The van der Waals surface area contributed by atoms with Gasteiger partial charge < -0.3 is 9.90 Å². The van der Waals surface area contributed by atoms with Crippen LogP contribution in [-0.4, -0.2) is 18.5 Å². The molecule has 1 aliphatic rings. The molecule has 1 aliphatic heterocycles. The SMILES string of the molecule is CCC1=C(CC)[NH2+]C=N1.O=C([O-])C(F)(F)F. The van der Waals surface area contributed by atoms with Gasteiger partial charge in [-0.05, 0) is 6.42 Å². The van der Waals surface area contributed by atoms with Crippen LogP contribution in [0.1, 0.15) is 26.7 Å². The summed E-state index contributed by atoms with van der Waals surface area (Å²) >= 11 is 0. The third kappa shape index (κ3) is 4.92. The highest BCUT2D eigenvalue weighted by Crippen LogP contribution is 2.11. The number of carbonyl (C=O) groups excluding carboxylic acids is 1. The third-order valence-corrected chi connectivity index (χ3v) is 1.82. The first kappa shape index (κ1) is 14.6. The molecule has 0 radical (unpaired) electrons. The Kier molecular flexibility index (Phi) is 5.73. The number of aliphatic imine (C=N–C) groups is 1. The van der Waals surface area contributed by atoms with E-state index in [-0.39, 0.29) is 0 Å². The number of rotatable bonds is 2. The van der Waals surface area contributed by atoms with Gasteiger partial charge in [-0.3, -0.25) is 5.32 Å². The summed E-state index contributed by atoms with van der Waals surface area (Å²) in [7, 11) is 0. The van der Waals surface area contributed by atoms with Gasteiger partial charge in [0, 0.05) is 6.42 Å². The van der Waals surface area contributed by atoms with Gasteiger partial charge in [0.2, 0.25) is 0 Å². The molecule has 1 rings (SSSR count). The van der Waals surface area contributed by atoms with Crippen LogP contribution in [0.4, 0.5) is 13.2 Å². The summed E-state index contributed by atoms with van der Waals surface area (Å²) in [6.45, 7) is 4.30. The first-order chi connectivity index (χ1) is 7.32. The smallest absolute Gasteiger partial charge is 0.430 e. The maximum Gasteiger partial charge on any atom is 0.430 e. The van der Waals surface area contributed by atoms with Crippen molar-refractivity contribution in [1.82, 2.24) is 0 Å². The van der Waals surface area contributed by atoms with Crippen LogP contribution in [0, 0.1) is 0 Å². The van der Waals surface area contributed by atoms with Crippen LogP contribution < -0.4 is 10.4 Å². The largest absolute Gasteiger partial charge is 0.542 e. The zero-order chi connectivity index (χ0) is 12.8. The van der Waals surface area contributed by atoms with Gasteiger partial charge in [0.15, 0.2) is 6.34 Å². The molecule has 0 bridgehead atoms. The van der Waals surface area contributed by atoms with E-state index in [0.717, 1.165) is 12.8 Å². The summed E-state index contributed by atoms with van der Waals surface area (Å²) in [4.78, 5) is 13.0. The number of aliphatic carboxylic acids is 1. The van der Waals surface area contributed by atoms with Crippen LogP contribution in [-0.2, 0) is 4.79 Å². The predicted octanol–water partition coefficient (Wildman–Crippen LogP) is -0.0781. The van der Waals surface area contributed by atoms with Crippen molar-refractivity contribution in [2.75, 3.05) is 0 Å². The molecule has 16 heavy (non-hydrogen) atoms. The number of quaternary nitrogens is 1. The molecule has 0 aromatic heterocycles. The lowest BCUT2D eigenvalue weighted by Gasteiger charge is -2.03. The average Bonchev–Trinajstić information content (AvgIpc) is 2.63. The zero-order valence-corrected chi connectivity index (χ0v) is 8.97. The van der Waals surface area contributed by atoms with E-state index in [1.54, 1.807) is 0 Å². The zero-order valence-electron chi connectivity index (χ0n) is 8.97. The van der Waals surface area contributed by atoms with E-state index in [1.165, 1.54) is 11.4 Å². The van der Waals surface area contributed by atoms with Gasteiger partial charge in [0.1, 0.15) is 17.4 Å². The molecule has 0 unspecified atom stereocenters. The molecule has 2 N–H and O–H groups in total. The summed E-state index contributed by atoms with van der Waals surface area (Å²) in [5.74, 6) is -3.01. The Morgan fingerprint density at radius 3 is 2.19 bits per heavy atom. The van der Waals surface area contributed by atoms with Gasteiger partial charge in [-0.25, -0.2) is 4.99 Å². The van der Waals surface area contributed by atoms with Crippen molar-refractivity contribution in [2.45, 2.75) is 32.9 Å². The lowest BCUT2D eigenvalue weighted by atomic mass is 10.2. The summed E-state index contributed by atoms with van der Waals surface area (Å²) in [5.41, 5.74) is 2.66. The minimum Gasteiger partial charge on any atom is -0.542 e. The molecule has 0 spiro atoms. The van der Waals surface area contributed by atoms with E-state index >= 15 is 0 Å². The molecule has 0 fully saturated rings. The van der Waals surface area contributed by atoms with Gasteiger partial charge in [-0.1, -0.05) is 13.8 Å². The minimum atomic E-state index is -5.19. The number of alkyl halides is 3. The number of nitrogens with two attached hydrogens (primary N) is 1. The first-order valence-corrected chi connectivity index (χ1v) is 4.70. The molecule has 0 saturated heterocycles. The first-order valence-electron chi connectivity index (χ1n) is 4.70. The van der Waals surface area contributed by atoms with Crippen molar-refractivity contribution >= 4 is 12.3 Å². The van der Waals surface area contributed by atoms with E-state index in [4.69, 9.17) is 9.90 Å². The fraction of sp³-hybridized carbons (Fsp3) is 0.556. The highest BCUT2D eigenvalue weighted by Gasteiger charge is 2.28. The molecule has 0 aliphatic carbocycles. The van der Waals surface area contributed by atoms with Gasteiger partial charge >= 0.3 is 6.18 Å². The summed E-state index contributed by atoms with van der Waals surface area (Å²) in [6, 6.07) is 0. The monoisotopic (exact) mass is 238 g/mol. The Labute approximate surface area is 90.9 Å². The van der Waals surface area contributed by atoms with Crippen molar-refractivity contribution < 1.29 is 28.4 Å². The predicted molar refractivity (Wildman–Crippen MR) is 49.1 cm³/mol. The average molecular weight is 238 g/mol. The van der Waals surface area contributed by atoms with E-state index < -0.39 is 12.1 Å². The van der Waals surface area contributed by atoms with Crippen molar-refractivity contribution in [3.63, 3.8) is 0 Å². The van der Waals surface area contributed by atoms with E-state index in [1.807, 2.05) is 6.34 Å². The Bertz CT molecular complexity index is 308. The van der Waals surface area contributed by atoms with Gasteiger partial charge in [-0.2, -0.15) is 13.2 Å². The number of allylic oxidation sites excluding steroid dienone is 2. The fourth-order valence-corrected chi connectivity index (χ4v) is 1.04. The van der Waals surface area contributed by atoms with Crippen LogP contribution in [0.15, 0.2) is 16.4 Å². The second-order valence-electron chi connectivity index (χ2n) is 2.91. The lowest BCUT2D eigenvalue weighted by molar-refractivity contribution is -0.473. The molecule has 4 nitrogen and oxygen atoms in total.